The van der Waals surface area contributed by atoms with Gasteiger partial charge in [0.1, 0.15) is 0 Å². The summed E-state index contributed by atoms with van der Waals surface area (Å²) in [5, 5.41) is 13.5. The minimum Gasteiger partial charge on any atom is -0.390 e. The predicted octanol–water partition coefficient (Wildman–Crippen LogP) is 3.44. The van der Waals surface area contributed by atoms with Crippen molar-refractivity contribution >= 4 is 21.8 Å². The lowest BCUT2D eigenvalue weighted by atomic mass is 9.83. The van der Waals surface area contributed by atoms with Crippen molar-refractivity contribution in [3.8, 4) is 0 Å². The van der Waals surface area contributed by atoms with Crippen molar-refractivity contribution in [1.29, 1.82) is 0 Å². The van der Waals surface area contributed by atoms with Gasteiger partial charge in [-0.3, -0.25) is 9.69 Å². The Morgan fingerprint density at radius 1 is 0.839 bits per heavy atom. The quantitative estimate of drug-likeness (QED) is 0.558. The highest BCUT2D eigenvalue weighted by Gasteiger charge is 2.35. The molecule has 158 valence electrons. The number of β-amino-alcohol motifs (C(OH)–C–C–N with tert-alkyl or cyclic N) is 1. The highest BCUT2D eigenvalue weighted by atomic mass is 16.3. The van der Waals surface area contributed by atoms with E-state index in [2.05, 4.69) is 64.1 Å². The van der Waals surface area contributed by atoms with E-state index in [-0.39, 0.29) is 5.56 Å². The number of hydrogen-bond acceptors (Lipinski definition) is 3. The molecule has 2 aliphatic heterocycles. The second kappa shape index (κ2) is 7.36. The van der Waals surface area contributed by atoms with Crippen molar-refractivity contribution in [3.05, 3.63) is 82.8 Å². The number of rotatable bonds is 4. The van der Waals surface area contributed by atoms with E-state index in [1.807, 2.05) is 10.6 Å². The van der Waals surface area contributed by atoms with Gasteiger partial charge in [-0.15, -0.1) is 0 Å². The summed E-state index contributed by atoms with van der Waals surface area (Å²) in [6.45, 7) is 3.89. The van der Waals surface area contributed by atoms with Crippen LogP contribution in [-0.4, -0.2) is 44.9 Å². The van der Waals surface area contributed by atoms with Crippen molar-refractivity contribution in [2.24, 2.45) is 5.92 Å². The number of piperidine rings is 1. The van der Waals surface area contributed by atoms with Crippen LogP contribution in [0.2, 0.25) is 0 Å². The Balaban J connectivity index is 1.24. The molecule has 0 unspecified atom stereocenters. The van der Waals surface area contributed by atoms with Crippen LogP contribution in [0.15, 0.2) is 71.5 Å². The van der Waals surface area contributed by atoms with Crippen molar-refractivity contribution < 1.29 is 5.11 Å². The van der Waals surface area contributed by atoms with E-state index in [9.17, 15) is 9.90 Å². The highest BCUT2D eigenvalue weighted by Crippen LogP contribution is 2.35. The summed E-state index contributed by atoms with van der Waals surface area (Å²) in [6.07, 6.45) is 0.694. The Morgan fingerprint density at radius 2 is 1.55 bits per heavy atom. The Kier molecular flexibility index (Phi) is 4.47. The van der Waals surface area contributed by atoms with E-state index in [0.29, 0.717) is 24.9 Å². The fraction of sp³-hybridized carbons (Fsp3) is 0.346. The molecular weight excluding hydrogens is 386 g/mol. The van der Waals surface area contributed by atoms with Crippen LogP contribution < -0.4 is 5.56 Å². The van der Waals surface area contributed by atoms with E-state index >= 15 is 0 Å². The Labute approximate surface area is 181 Å². The Morgan fingerprint density at radius 3 is 2.29 bits per heavy atom. The van der Waals surface area contributed by atoms with Gasteiger partial charge in [0.25, 0.3) is 5.56 Å². The first-order valence-corrected chi connectivity index (χ1v) is 11.2. The third-order valence-corrected chi connectivity index (χ3v) is 7.10. The second-order valence-electron chi connectivity index (χ2n) is 9.22. The van der Waals surface area contributed by atoms with Crippen molar-refractivity contribution in [2.75, 3.05) is 19.6 Å². The summed E-state index contributed by atoms with van der Waals surface area (Å²) >= 11 is 0. The van der Waals surface area contributed by atoms with Gasteiger partial charge in [0.05, 0.1) is 12.6 Å². The molecule has 2 aliphatic rings. The summed E-state index contributed by atoms with van der Waals surface area (Å²) in [6, 6.07) is 22.5. The Hall–Kier alpha value is -2.89. The maximum Gasteiger partial charge on any atom is 0.250 e. The molecule has 5 nitrogen and oxygen atoms in total. The van der Waals surface area contributed by atoms with Gasteiger partial charge in [-0.05, 0) is 30.5 Å². The zero-order valence-electron chi connectivity index (χ0n) is 17.5. The monoisotopic (exact) mass is 413 g/mol. The largest absolute Gasteiger partial charge is 0.390 e. The number of pyridine rings is 1. The minimum atomic E-state index is -0.448. The lowest BCUT2D eigenvalue weighted by Crippen LogP contribution is -2.49. The minimum absolute atomic E-state index is 0.118. The van der Waals surface area contributed by atoms with Crippen molar-refractivity contribution in [2.45, 2.75) is 31.5 Å². The van der Waals surface area contributed by atoms with Crippen LogP contribution in [0.1, 0.15) is 18.0 Å². The molecule has 0 saturated carbocycles. The van der Waals surface area contributed by atoms with Gasteiger partial charge in [0.15, 0.2) is 0 Å². The van der Waals surface area contributed by atoms with Crippen LogP contribution in [0, 0.1) is 5.92 Å². The zero-order valence-corrected chi connectivity index (χ0v) is 17.5. The van der Waals surface area contributed by atoms with E-state index < -0.39 is 6.10 Å². The molecule has 2 aromatic heterocycles. The van der Waals surface area contributed by atoms with Crippen molar-refractivity contribution in [3.63, 3.8) is 0 Å². The highest BCUT2D eigenvalue weighted by molar-refractivity contribution is 6.07. The predicted molar refractivity (Wildman–Crippen MR) is 123 cm³/mol. The number of hydrogen-bond donors (Lipinski definition) is 1. The SMILES string of the molecule is O=c1cccc2n1C[C@@H]1C[C@@H]2CN(C[C@H](O)Cn2c3ccccc3c3ccccc32)C1. The first-order chi connectivity index (χ1) is 15.2. The van der Waals surface area contributed by atoms with Crippen LogP contribution in [0.25, 0.3) is 21.8 Å². The molecule has 1 fully saturated rings. The van der Waals surface area contributed by atoms with Gasteiger partial charge in [-0.1, -0.05) is 42.5 Å². The molecule has 0 spiro atoms. The number of aliphatic hydroxyl groups is 1. The number of aliphatic hydroxyl groups excluding tert-OH is 1. The fourth-order valence-corrected chi connectivity index (χ4v) is 5.91. The average Bonchev–Trinajstić information content (AvgIpc) is 3.08. The van der Waals surface area contributed by atoms with Gasteiger partial charge in [0.2, 0.25) is 0 Å². The van der Waals surface area contributed by atoms with E-state index in [4.69, 9.17) is 0 Å². The lowest BCUT2D eigenvalue weighted by molar-refractivity contribution is 0.0558. The molecule has 4 aromatic rings. The number of fused-ring (bicyclic) bond motifs is 7. The first-order valence-electron chi connectivity index (χ1n) is 11.2. The molecule has 2 aromatic carbocycles. The van der Waals surface area contributed by atoms with Crippen LogP contribution in [0.5, 0.6) is 0 Å². The summed E-state index contributed by atoms with van der Waals surface area (Å²) in [5.41, 5.74) is 3.62. The van der Waals surface area contributed by atoms with E-state index in [1.165, 1.54) is 21.8 Å². The molecule has 4 heterocycles. The van der Waals surface area contributed by atoms with Crippen LogP contribution in [-0.2, 0) is 13.1 Å². The van der Waals surface area contributed by atoms with E-state index in [0.717, 1.165) is 31.7 Å². The van der Waals surface area contributed by atoms with Crippen LogP contribution >= 0.6 is 0 Å². The number of para-hydroxylation sites is 2. The summed E-state index contributed by atoms with van der Waals surface area (Å²) in [7, 11) is 0. The van der Waals surface area contributed by atoms with Crippen LogP contribution in [0.4, 0.5) is 0 Å². The second-order valence-corrected chi connectivity index (χ2v) is 9.22. The molecule has 3 atom stereocenters. The molecule has 0 radical (unpaired) electrons. The molecule has 1 N–H and O–H groups in total. The lowest BCUT2D eigenvalue weighted by Gasteiger charge is -2.43. The van der Waals surface area contributed by atoms with Crippen molar-refractivity contribution in [1.82, 2.24) is 14.0 Å². The molecule has 5 heteroatoms. The summed E-state index contributed by atoms with van der Waals surface area (Å²) < 4.78 is 4.22. The third kappa shape index (κ3) is 3.20. The normalized spacial score (nSPS) is 22.0. The maximum absolute atomic E-state index is 12.3. The standard InChI is InChI=1S/C26H27N3O2/c30-20(17-28-24-8-3-1-6-21(24)22-7-2-4-9-25(22)28)16-27-13-18-12-19(15-27)23-10-5-11-26(31)29(23)14-18/h1-11,18-20,30H,12-17H2/t18-,19-,20+/m1/s1. The van der Waals surface area contributed by atoms with E-state index in [1.54, 1.807) is 6.07 Å². The number of likely N-dealkylation sites (tertiary alicyclic amines) is 1. The molecular formula is C26H27N3O2. The number of aromatic nitrogens is 2. The average molecular weight is 414 g/mol. The van der Waals surface area contributed by atoms with Gasteiger partial charge < -0.3 is 14.2 Å². The smallest absolute Gasteiger partial charge is 0.250 e. The van der Waals surface area contributed by atoms with Gasteiger partial charge in [-0.25, -0.2) is 0 Å². The molecule has 1 saturated heterocycles. The molecule has 6 rings (SSSR count). The van der Waals surface area contributed by atoms with Gasteiger partial charge in [-0.2, -0.15) is 0 Å². The number of nitrogens with zero attached hydrogens (tertiary/aromatic N) is 3. The first kappa shape index (κ1) is 18.8. The molecule has 2 bridgehead atoms. The maximum atomic E-state index is 12.3. The summed E-state index contributed by atoms with van der Waals surface area (Å²) in [4.78, 5) is 14.7. The fourth-order valence-electron chi connectivity index (χ4n) is 5.91. The molecule has 31 heavy (non-hydrogen) atoms. The topological polar surface area (TPSA) is 50.4 Å². The molecule has 0 aliphatic carbocycles. The Bertz CT molecular complexity index is 1270. The third-order valence-electron chi connectivity index (χ3n) is 7.10. The van der Waals surface area contributed by atoms with Gasteiger partial charge >= 0.3 is 0 Å². The molecule has 0 amide bonds. The van der Waals surface area contributed by atoms with Crippen LogP contribution in [0.3, 0.4) is 0 Å². The zero-order chi connectivity index (χ0) is 20.9. The van der Waals surface area contributed by atoms with Gasteiger partial charge in [0, 0.05) is 65.7 Å². The summed E-state index contributed by atoms with van der Waals surface area (Å²) in [5.74, 6) is 0.855. The number of benzene rings is 2.